The Labute approximate surface area is 250 Å². The van der Waals surface area contributed by atoms with E-state index < -0.39 is 22.6 Å². The molecule has 0 unspecified atom stereocenters. The first-order chi connectivity index (χ1) is 20.4. The number of nitrogens with zero attached hydrogens (tertiary/aromatic N) is 4. The minimum atomic E-state index is -1.22. The number of hydrogen-bond donors (Lipinski definition) is 3. The Bertz CT molecular complexity index is 1470. The second kappa shape index (κ2) is 12.4. The van der Waals surface area contributed by atoms with Gasteiger partial charge in [0.1, 0.15) is 17.9 Å². The van der Waals surface area contributed by atoms with Crippen LogP contribution in [0.1, 0.15) is 44.6 Å². The number of aromatic nitrogens is 2. The maximum atomic E-state index is 13.9. The van der Waals surface area contributed by atoms with Crippen LogP contribution in [0.2, 0.25) is 0 Å². The molecule has 11 heteroatoms. The molecule has 1 amide bonds. The maximum absolute atomic E-state index is 13.9. The third-order valence-electron chi connectivity index (χ3n) is 8.39. The molecule has 2 atom stereocenters. The third kappa shape index (κ3) is 7.41. The van der Waals surface area contributed by atoms with Crippen molar-refractivity contribution in [1.29, 1.82) is 0 Å². The fraction of sp³-hybridized carbons (Fsp3) is 0.469. The van der Waals surface area contributed by atoms with Crippen LogP contribution in [0.25, 0.3) is 0 Å². The van der Waals surface area contributed by atoms with Crippen LogP contribution in [0.4, 0.5) is 10.1 Å². The van der Waals surface area contributed by atoms with E-state index in [0.717, 1.165) is 12.1 Å². The maximum Gasteiger partial charge on any atom is 0.280 e. The van der Waals surface area contributed by atoms with Crippen LogP contribution in [0.3, 0.4) is 0 Å². The molecule has 0 aliphatic carbocycles. The van der Waals surface area contributed by atoms with Gasteiger partial charge in [-0.05, 0) is 69.5 Å². The summed E-state index contributed by atoms with van der Waals surface area (Å²) >= 11 is 0. The molecule has 5 rings (SSSR count). The van der Waals surface area contributed by atoms with Crippen LogP contribution >= 0.6 is 0 Å². The van der Waals surface area contributed by atoms with E-state index in [4.69, 9.17) is 10.5 Å². The normalized spacial score (nSPS) is 21.0. The van der Waals surface area contributed by atoms with Crippen LogP contribution < -0.4 is 16.0 Å². The first-order valence-corrected chi connectivity index (χ1v) is 14.7. The zero-order chi connectivity index (χ0) is 30.8. The highest BCUT2D eigenvalue weighted by molar-refractivity contribution is 5.80. The topological polar surface area (TPSA) is 134 Å². The van der Waals surface area contributed by atoms with E-state index in [1.54, 1.807) is 13.8 Å². The Morgan fingerprint density at radius 1 is 1.12 bits per heavy atom. The summed E-state index contributed by atoms with van der Waals surface area (Å²) in [7, 11) is 0. The number of ether oxygens (including phenoxy) is 1. The summed E-state index contributed by atoms with van der Waals surface area (Å²) in [6, 6.07) is 15.3. The molecule has 2 aromatic carbocycles. The van der Waals surface area contributed by atoms with E-state index in [9.17, 15) is 24.2 Å². The first-order valence-electron chi connectivity index (χ1n) is 14.7. The predicted octanol–water partition coefficient (Wildman–Crippen LogP) is 2.99. The molecule has 1 aromatic heterocycles. The number of benzene rings is 2. The van der Waals surface area contributed by atoms with Gasteiger partial charge in [0.2, 0.25) is 11.8 Å². The van der Waals surface area contributed by atoms with Crippen LogP contribution in [0.5, 0.6) is 11.6 Å². The van der Waals surface area contributed by atoms with Crippen molar-refractivity contribution < 1.29 is 24.1 Å². The number of hydrogen-bond acceptors (Lipinski definition) is 8. The molecular formula is C32H40FN5O5. The van der Waals surface area contributed by atoms with E-state index in [1.807, 2.05) is 23.1 Å². The average Bonchev–Trinajstić information content (AvgIpc) is 2.98. The summed E-state index contributed by atoms with van der Waals surface area (Å²) in [4.78, 5) is 35.0. The molecule has 43 heavy (non-hydrogen) atoms. The van der Waals surface area contributed by atoms with Crippen molar-refractivity contribution in [3.05, 3.63) is 82.7 Å². The third-order valence-corrected chi connectivity index (χ3v) is 8.39. The number of amides is 1. The second-order valence-electron chi connectivity index (χ2n) is 12.5. The number of nitrogens with two attached hydrogens (primary N) is 1. The molecule has 4 N–H and O–H groups in total. The standard InChI is InChI=1S/C32H40FN5O5/c1-31(2,41)19-36-15-12-25(26(18-36)22-6-4-3-5-7-22)29(39)37-16-13-32(42,14-17-37)20-38-21-35-28(27(34)30(38)40)43-24-10-8-23(33)9-11-24/h3-11,21,25-26,41-42H,12-20,34H2,1-2H3/t25-,26+/m1/s1. The van der Waals surface area contributed by atoms with Gasteiger partial charge in [-0.1, -0.05) is 30.3 Å². The highest BCUT2D eigenvalue weighted by Gasteiger charge is 2.41. The number of β-amino-alcohol motifs (C(OH)–C–C–N with tert-alkyl or cyclic N) is 1. The fourth-order valence-electron chi connectivity index (χ4n) is 6.20. The molecule has 2 aliphatic heterocycles. The van der Waals surface area contributed by atoms with Crippen molar-refractivity contribution in [2.45, 2.75) is 56.8 Å². The van der Waals surface area contributed by atoms with Gasteiger partial charge in [0.25, 0.3) is 5.56 Å². The van der Waals surface area contributed by atoms with Crippen molar-refractivity contribution in [1.82, 2.24) is 19.4 Å². The lowest BCUT2D eigenvalue weighted by molar-refractivity contribution is -0.142. The van der Waals surface area contributed by atoms with Crippen molar-refractivity contribution >= 4 is 11.6 Å². The van der Waals surface area contributed by atoms with Crippen LogP contribution in [-0.2, 0) is 11.3 Å². The van der Waals surface area contributed by atoms with Gasteiger partial charge in [-0.25, -0.2) is 9.37 Å². The molecule has 2 aliphatic rings. The van der Waals surface area contributed by atoms with Gasteiger partial charge in [0, 0.05) is 38.0 Å². The number of rotatable bonds is 8. The second-order valence-corrected chi connectivity index (χ2v) is 12.5. The van der Waals surface area contributed by atoms with Gasteiger partial charge in [-0.3, -0.25) is 19.1 Å². The fourth-order valence-corrected chi connectivity index (χ4v) is 6.20. The lowest BCUT2D eigenvalue weighted by Gasteiger charge is -2.44. The summed E-state index contributed by atoms with van der Waals surface area (Å²) in [6.45, 7) is 6.24. The van der Waals surface area contributed by atoms with Crippen molar-refractivity contribution in [3.8, 4) is 11.6 Å². The number of nitrogen functional groups attached to an aromatic ring is 1. The highest BCUT2D eigenvalue weighted by Crippen LogP contribution is 2.36. The number of aliphatic hydroxyl groups is 2. The zero-order valence-corrected chi connectivity index (χ0v) is 24.7. The van der Waals surface area contributed by atoms with E-state index in [-0.39, 0.29) is 41.6 Å². The van der Waals surface area contributed by atoms with E-state index in [0.29, 0.717) is 45.4 Å². The Kier molecular flexibility index (Phi) is 8.86. The van der Waals surface area contributed by atoms with Gasteiger partial charge in [-0.2, -0.15) is 0 Å². The molecule has 0 radical (unpaired) electrons. The first kappa shape index (κ1) is 30.7. The Balaban J connectivity index is 1.23. The lowest BCUT2D eigenvalue weighted by atomic mass is 9.79. The highest BCUT2D eigenvalue weighted by atomic mass is 19.1. The van der Waals surface area contributed by atoms with Crippen LogP contribution in [0.15, 0.2) is 65.7 Å². The van der Waals surface area contributed by atoms with Gasteiger partial charge < -0.3 is 25.6 Å². The lowest BCUT2D eigenvalue weighted by Crippen LogP contribution is -2.53. The van der Waals surface area contributed by atoms with E-state index in [1.165, 1.54) is 35.2 Å². The van der Waals surface area contributed by atoms with Gasteiger partial charge >= 0.3 is 0 Å². The summed E-state index contributed by atoms with van der Waals surface area (Å²) in [5, 5.41) is 21.8. The molecule has 0 bridgehead atoms. The molecule has 3 aromatic rings. The molecule has 0 spiro atoms. The van der Waals surface area contributed by atoms with Gasteiger partial charge in [0.15, 0.2) is 5.69 Å². The largest absolute Gasteiger partial charge is 0.437 e. The Morgan fingerprint density at radius 2 is 1.79 bits per heavy atom. The number of carbonyl (C=O) groups excluding carboxylic acids is 1. The summed E-state index contributed by atoms with van der Waals surface area (Å²) in [6.07, 6.45) is 2.56. The molecular weight excluding hydrogens is 553 g/mol. The van der Waals surface area contributed by atoms with Gasteiger partial charge in [0.05, 0.1) is 17.7 Å². The summed E-state index contributed by atoms with van der Waals surface area (Å²) < 4.78 is 20.0. The van der Waals surface area contributed by atoms with Crippen molar-refractivity contribution in [3.63, 3.8) is 0 Å². The van der Waals surface area contributed by atoms with Crippen molar-refractivity contribution in [2.75, 3.05) is 38.5 Å². The molecule has 230 valence electrons. The average molecular weight is 594 g/mol. The number of carbonyl (C=O) groups is 1. The number of halogens is 1. The van der Waals surface area contributed by atoms with Gasteiger partial charge in [-0.15, -0.1) is 0 Å². The molecule has 3 heterocycles. The van der Waals surface area contributed by atoms with Crippen molar-refractivity contribution in [2.24, 2.45) is 5.92 Å². The summed E-state index contributed by atoms with van der Waals surface area (Å²) in [5.74, 6) is -0.370. The molecule has 2 saturated heterocycles. The van der Waals surface area contributed by atoms with Crippen LogP contribution in [0, 0.1) is 11.7 Å². The Hall–Kier alpha value is -3.80. The molecule has 10 nitrogen and oxygen atoms in total. The summed E-state index contributed by atoms with van der Waals surface area (Å²) in [5.41, 5.74) is 4.30. The van der Waals surface area contributed by atoms with E-state index >= 15 is 0 Å². The Morgan fingerprint density at radius 3 is 2.44 bits per heavy atom. The number of piperidine rings is 2. The molecule has 2 fully saturated rings. The zero-order valence-electron chi connectivity index (χ0n) is 24.7. The van der Waals surface area contributed by atoms with E-state index in [2.05, 4.69) is 22.0 Å². The monoisotopic (exact) mass is 593 g/mol. The predicted molar refractivity (Wildman–Crippen MR) is 160 cm³/mol. The van der Waals surface area contributed by atoms with Crippen LogP contribution in [-0.4, -0.2) is 79.4 Å². The molecule has 0 saturated carbocycles. The quantitative estimate of drug-likeness (QED) is 0.363. The minimum absolute atomic E-state index is 0.00567. The smallest absolute Gasteiger partial charge is 0.280 e. The SMILES string of the molecule is CC(C)(O)CN1CC[C@@H](C(=O)N2CCC(O)(Cn3cnc(Oc4ccc(F)cc4)c(N)c3=O)CC2)[C@H](c2ccccc2)C1. The number of anilines is 1. The minimum Gasteiger partial charge on any atom is -0.437 e. The number of likely N-dealkylation sites (tertiary alicyclic amines) is 2.